The molecule has 1 atom stereocenters. The molecular weight excluding hydrogens is 362 g/mol. The van der Waals surface area contributed by atoms with Gasteiger partial charge in [-0.15, -0.1) is 0 Å². The number of halogens is 1. The van der Waals surface area contributed by atoms with Crippen LogP contribution in [-0.2, 0) is 10.0 Å². The van der Waals surface area contributed by atoms with Crippen molar-refractivity contribution in [2.24, 2.45) is 0 Å². The Kier molecular flexibility index (Phi) is 4.50. The van der Waals surface area contributed by atoms with Crippen molar-refractivity contribution in [3.8, 4) is 0 Å². The second-order valence-electron chi connectivity index (χ2n) is 4.29. The summed E-state index contributed by atoms with van der Waals surface area (Å²) >= 11 is 3.35. The number of rotatable bonds is 5. The van der Waals surface area contributed by atoms with E-state index in [2.05, 4.69) is 20.7 Å². The van der Waals surface area contributed by atoms with Gasteiger partial charge in [0.1, 0.15) is 0 Å². The molecule has 8 heteroatoms. The fraction of sp³-hybridized carbons (Fsp3) is 0.154. The van der Waals surface area contributed by atoms with E-state index < -0.39 is 32.9 Å². The summed E-state index contributed by atoms with van der Waals surface area (Å²) in [5.41, 5.74) is 0.756. The smallest absolute Gasteiger partial charge is 0.371 e. The maximum absolute atomic E-state index is 12.2. The summed E-state index contributed by atoms with van der Waals surface area (Å²) in [6.45, 7) is 1.68. The Morgan fingerprint density at radius 3 is 2.52 bits per heavy atom. The molecule has 0 bridgehead atoms. The highest BCUT2D eigenvalue weighted by Crippen LogP contribution is 2.24. The standard InChI is InChI=1S/C13H12BrNO5S/c1-8(9-4-2-3-5-10(9)14)15-21(18,19)12-7-6-11(20-12)13(16)17/h2-8,15H,1H3,(H,16,17). The molecule has 0 aliphatic heterocycles. The van der Waals surface area contributed by atoms with Crippen LogP contribution in [0, 0.1) is 0 Å². The first kappa shape index (κ1) is 15.7. The van der Waals surface area contributed by atoms with Crippen molar-refractivity contribution >= 4 is 31.9 Å². The first-order valence-corrected chi connectivity index (χ1v) is 8.19. The van der Waals surface area contributed by atoms with Crippen molar-refractivity contribution in [1.29, 1.82) is 0 Å². The zero-order valence-electron chi connectivity index (χ0n) is 10.9. The molecular formula is C13H12BrNO5S. The summed E-state index contributed by atoms with van der Waals surface area (Å²) in [6, 6.07) is 8.89. The van der Waals surface area contributed by atoms with Crippen LogP contribution >= 0.6 is 15.9 Å². The fourth-order valence-electron chi connectivity index (χ4n) is 1.76. The summed E-state index contributed by atoms with van der Waals surface area (Å²) in [6.07, 6.45) is 0. The molecule has 112 valence electrons. The molecule has 0 amide bonds. The highest BCUT2D eigenvalue weighted by molar-refractivity contribution is 9.10. The van der Waals surface area contributed by atoms with Crippen LogP contribution in [0.1, 0.15) is 29.1 Å². The quantitative estimate of drug-likeness (QED) is 0.839. The number of aromatic carboxylic acids is 1. The minimum Gasteiger partial charge on any atom is -0.475 e. The lowest BCUT2D eigenvalue weighted by atomic mass is 10.1. The molecule has 2 N–H and O–H groups in total. The van der Waals surface area contributed by atoms with Gasteiger partial charge in [0.05, 0.1) is 0 Å². The lowest BCUT2D eigenvalue weighted by molar-refractivity contribution is 0.0656. The second-order valence-corrected chi connectivity index (χ2v) is 6.79. The Hall–Kier alpha value is -1.64. The first-order chi connectivity index (χ1) is 9.81. The van der Waals surface area contributed by atoms with E-state index in [-0.39, 0.29) is 0 Å². The molecule has 6 nitrogen and oxygen atoms in total. The molecule has 0 spiro atoms. The van der Waals surface area contributed by atoms with E-state index in [1.165, 1.54) is 0 Å². The van der Waals surface area contributed by atoms with Crippen molar-refractivity contribution in [2.75, 3.05) is 0 Å². The molecule has 0 aliphatic carbocycles. The van der Waals surface area contributed by atoms with Gasteiger partial charge in [0, 0.05) is 10.5 Å². The summed E-state index contributed by atoms with van der Waals surface area (Å²) in [4.78, 5) is 10.7. The van der Waals surface area contributed by atoms with Gasteiger partial charge >= 0.3 is 5.97 Å². The molecule has 21 heavy (non-hydrogen) atoms. The van der Waals surface area contributed by atoms with E-state index in [9.17, 15) is 13.2 Å². The van der Waals surface area contributed by atoms with Gasteiger partial charge in [-0.25, -0.2) is 17.9 Å². The van der Waals surface area contributed by atoms with E-state index in [1.54, 1.807) is 25.1 Å². The Bertz CT molecular complexity index is 768. The predicted octanol–water partition coefficient (Wildman–Crippen LogP) is 2.78. The summed E-state index contributed by atoms with van der Waals surface area (Å²) in [7, 11) is -3.94. The van der Waals surface area contributed by atoms with Crippen LogP contribution in [0.2, 0.25) is 0 Å². The number of carboxylic acid groups (broad SMARTS) is 1. The minimum absolute atomic E-state index is 0.427. The second kappa shape index (κ2) is 6.00. The number of nitrogens with one attached hydrogen (secondary N) is 1. The van der Waals surface area contributed by atoms with E-state index in [1.807, 2.05) is 6.07 Å². The largest absolute Gasteiger partial charge is 0.475 e. The molecule has 1 aromatic carbocycles. The summed E-state index contributed by atoms with van der Waals surface area (Å²) in [5.74, 6) is -1.75. The molecule has 1 heterocycles. The van der Waals surface area contributed by atoms with Crippen molar-refractivity contribution < 1.29 is 22.7 Å². The third-order valence-electron chi connectivity index (χ3n) is 2.76. The van der Waals surface area contributed by atoms with Gasteiger partial charge in [-0.1, -0.05) is 34.1 Å². The zero-order valence-corrected chi connectivity index (χ0v) is 13.3. The van der Waals surface area contributed by atoms with Crippen molar-refractivity contribution in [3.05, 3.63) is 52.2 Å². The maximum Gasteiger partial charge on any atom is 0.371 e. The molecule has 0 radical (unpaired) electrons. The fourth-order valence-corrected chi connectivity index (χ4v) is 3.54. The zero-order chi connectivity index (χ0) is 15.6. The third kappa shape index (κ3) is 3.52. The van der Waals surface area contributed by atoms with Crippen molar-refractivity contribution in [1.82, 2.24) is 4.72 Å². The summed E-state index contributed by atoms with van der Waals surface area (Å²) < 4.78 is 32.3. The number of sulfonamides is 1. The molecule has 0 saturated carbocycles. The average molecular weight is 374 g/mol. The summed E-state index contributed by atoms with van der Waals surface area (Å²) in [5, 5.41) is 8.31. The topological polar surface area (TPSA) is 96.6 Å². The number of carbonyl (C=O) groups is 1. The average Bonchev–Trinajstić information content (AvgIpc) is 2.89. The van der Waals surface area contributed by atoms with Gasteiger partial charge in [0.25, 0.3) is 10.0 Å². The predicted molar refractivity (Wildman–Crippen MR) is 78.5 cm³/mol. The van der Waals surface area contributed by atoms with Gasteiger partial charge in [-0.3, -0.25) is 0 Å². The van der Waals surface area contributed by atoms with E-state index >= 15 is 0 Å². The van der Waals surface area contributed by atoms with Crippen molar-refractivity contribution in [2.45, 2.75) is 18.1 Å². The van der Waals surface area contributed by atoms with Gasteiger partial charge in [-0.05, 0) is 30.7 Å². The maximum atomic E-state index is 12.2. The van der Waals surface area contributed by atoms with Crippen LogP contribution < -0.4 is 4.72 Å². The number of hydrogen-bond donors (Lipinski definition) is 2. The lowest BCUT2D eigenvalue weighted by Crippen LogP contribution is -2.26. The minimum atomic E-state index is -3.94. The van der Waals surface area contributed by atoms with E-state index in [0.717, 1.165) is 22.2 Å². The van der Waals surface area contributed by atoms with Crippen LogP contribution in [0.3, 0.4) is 0 Å². The SMILES string of the molecule is CC(NS(=O)(=O)c1ccc(C(=O)O)o1)c1ccccc1Br. The Balaban J connectivity index is 2.24. The van der Waals surface area contributed by atoms with Gasteiger partial charge in [0.15, 0.2) is 0 Å². The molecule has 2 rings (SSSR count). The Labute approximate surface area is 130 Å². The van der Waals surface area contributed by atoms with Crippen LogP contribution in [0.15, 0.2) is 50.4 Å². The number of furan rings is 1. The number of benzene rings is 1. The third-order valence-corrected chi connectivity index (χ3v) is 4.90. The highest BCUT2D eigenvalue weighted by atomic mass is 79.9. The normalized spacial score (nSPS) is 13.0. The monoisotopic (exact) mass is 373 g/mol. The van der Waals surface area contributed by atoms with Crippen LogP contribution in [-0.4, -0.2) is 19.5 Å². The van der Waals surface area contributed by atoms with Gasteiger partial charge in [-0.2, -0.15) is 0 Å². The molecule has 1 unspecified atom stereocenters. The molecule has 1 aromatic heterocycles. The molecule has 0 aliphatic rings. The van der Waals surface area contributed by atoms with Crippen LogP contribution in [0.4, 0.5) is 0 Å². The highest BCUT2D eigenvalue weighted by Gasteiger charge is 2.24. The van der Waals surface area contributed by atoms with E-state index in [0.29, 0.717) is 0 Å². The number of hydrogen-bond acceptors (Lipinski definition) is 4. The molecule has 0 fully saturated rings. The van der Waals surface area contributed by atoms with Crippen LogP contribution in [0.5, 0.6) is 0 Å². The van der Waals surface area contributed by atoms with Crippen LogP contribution in [0.25, 0.3) is 0 Å². The molecule has 0 saturated heterocycles. The first-order valence-electron chi connectivity index (χ1n) is 5.91. The van der Waals surface area contributed by atoms with Crippen molar-refractivity contribution in [3.63, 3.8) is 0 Å². The van der Waals surface area contributed by atoms with E-state index in [4.69, 9.17) is 9.52 Å². The Morgan fingerprint density at radius 1 is 1.29 bits per heavy atom. The van der Waals surface area contributed by atoms with Gasteiger partial charge in [0.2, 0.25) is 10.9 Å². The Morgan fingerprint density at radius 2 is 1.95 bits per heavy atom. The van der Waals surface area contributed by atoms with Gasteiger partial charge < -0.3 is 9.52 Å². The lowest BCUT2D eigenvalue weighted by Gasteiger charge is -2.14. The number of carboxylic acids is 1. The molecule has 2 aromatic rings.